The first kappa shape index (κ1) is 19.5. The highest BCUT2D eigenvalue weighted by atomic mass is 16.5. The van der Waals surface area contributed by atoms with Crippen molar-refractivity contribution in [3.05, 3.63) is 59.7 Å². The summed E-state index contributed by atoms with van der Waals surface area (Å²) < 4.78 is 10.7. The van der Waals surface area contributed by atoms with Crippen LogP contribution in [0.1, 0.15) is 42.2 Å². The molecule has 0 saturated heterocycles. The monoisotopic (exact) mass is 355 g/mol. The molecule has 0 bridgehead atoms. The summed E-state index contributed by atoms with van der Waals surface area (Å²) in [4.78, 5) is 25.7. The molecule has 0 aliphatic rings. The topological polar surface area (TPSA) is 55.8 Å². The highest BCUT2D eigenvalue weighted by Crippen LogP contribution is 2.22. The number of nitrogens with zero attached hydrogens (tertiary/aromatic N) is 1. The van der Waals surface area contributed by atoms with E-state index in [4.69, 9.17) is 9.47 Å². The van der Waals surface area contributed by atoms with Crippen molar-refractivity contribution in [2.24, 2.45) is 0 Å². The molecule has 0 spiro atoms. The van der Waals surface area contributed by atoms with Gasteiger partial charge in [-0.25, -0.2) is 0 Å². The summed E-state index contributed by atoms with van der Waals surface area (Å²) in [5.74, 6) is 1.31. The molecule has 2 aromatic carbocycles. The molecule has 2 rings (SSSR count). The van der Waals surface area contributed by atoms with Gasteiger partial charge in [-0.1, -0.05) is 19.1 Å². The summed E-state index contributed by atoms with van der Waals surface area (Å²) >= 11 is 0. The maximum absolute atomic E-state index is 12.4. The number of hydrogen-bond donors (Lipinski definition) is 0. The number of hydrogen-bond acceptors (Lipinski definition) is 4. The largest absolute Gasteiger partial charge is 0.497 e. The third-order valence-corrected chi connectivity index (χ3v) is 4.43. The van der Waals surface area contributed by atoms with Gasteiger partial charge in [0.25, 0.3) is 5.91 Å². The Morgan fingerprint density at radius 3 is 2.12 bits per heavy atom. The van der Waals surface area contributed by atoms with Crippen LogP contribution in [0.15, 0.2) is 48.5 Å². The van der Waals surface area contributed by atoms with Gasteiger partial charge in [-0.2, -0.15) is 0 Å². The predicted molar refractivity (Wildman–Crippen MR) is 101 cm³/mol. The van der Waals surface area contributed by atoms with Gasteiger partial charge in [0, 0.05) is 19.0 Å². The minimum Gasteiger partial charge on any atom is -0.497 e. The van der Waals surface area contributed by atoms with Crippen LogP contribution in [-0.2, 0) is 4.79 Å². The Morgan fingerprint density at radius 1 is 1.00 bits per heavy atom. The third kappa shape index (κ3) is 4.85. The zero-order valence-electron chi connectivity index (χ0n) is 15.7. The van der Waals surface area contributed by atoms with Gasteiger partial charge < -0.3 is 14.4 Å². The second-order valence-corrected chi connectivity index (χ2v) is 6.04. The average Bonchev–Trinajstić information content (AvgIpc) is 2.70. The number of amides is 1. The van der Waals surface area contributed by atoms with Crippen LogP contribution >= 0.6 is 0 Å². The van der Waals surface area contributed by atoms with Gasteiger partial charge >= 0.3 is 0 Å². The van der Waals surface area contributed by atoms with Gasteiger partial charge in [0.2, 0.25) is 0 Å². The van der Waals surface area contributed by atoms with Gasteiger partial charge in [-0.05, 0) is 48.9 Å². The zero-order valence-corrected chi connectivity index (χ0v) is 15.7. The summed E-state index contributed by atoms with van der Waals surface area (Å²) in [6.07, 6.45) is 0.465. The lowest BCUT2D eigenvalue weighted by Gasteiger charge is -2.25. The molecule has 0 heterocycles. The Hall–Kier alpha value is -2.82. The maximum Gasteiger partial charge on any atom is 0.260 e. The summed E-state index contributed by atoms with van der Waals surface area (Å²) in [6, 6.07) is 14.4. The quantitative estimate of drug-likeness (QED) is 0.674. The fourth-order valence-corrected chi connectivity index (χ4v) is 2.51. The lowest BCUT2D eigenvalue weighted by molar-refractivity contribution is -0.134. The van der Waals surface area contributed by atoms with Crippen LogP contribution in [0.2, 0.25) is 0 Å². The van der Waals surface area contributed by atoms with Crippen LogP contribution in [-0.4, -0.2) is 37.4 Å². The Morgan fingerprint density at radius 2 is 1.58 bits per heavy atom. The SMILES string of the molecule is CCC(=O)c1ccc(OCC(=O)N(C)C(C)c2ccc(OC)cc2)cc1. The molecular weight excluding hydrogens is 330 g/mol. The third-order valence-electron chi connectivity index (χ3n) is 4.43. The number of rotatable bonds is 8. The molecular formula is C21H25NO4. The molecule has 26 heavy (non-hydrogen) atoms. The van der Waals surface area contributed by atoms with Crippen LogP contribution in [0.4, 0.5) is 0 Å². The van der Waals surface area contributed by atoms with Crippen molar-refractivity contribution in [3.8, 4) is 11.5 Å². The van der Waals surface area contributed by atoms with E-state index in [2.05, 4.69) is 0 Å². The van der Waals surface area contributed by atoms with E-state index < -0.39 is 0 Å². The van der Waals surface area contributed by atoms with Crippen LogP contribution in [0.5, 0.6) is 11.5 Å². The van der Waals surface area contributed by atoms with Crippen molar-refractivity contribution in [1.29, 1.82) is 0 Å². The summed E-state index contributed by atoms with van der Waals surface area (Å²) in [7, 11) is 3.37. The van der Waals surface area contributed by atoms with E-state index in [0.717, 1.165) is 11.3 Å². The average molecular weight is 355 g/mol. The van der Waals surface area contributed by atoms with Crippen molar-refractivity contribution in [3.63, 3.8) is 0 Å². The molecule has 2 aromatic rings. The number of benzene rings is 2. The molecule has 5 nitrogen and oxygen atoms in total. The molecule has 0 N–H and O–H groups in total. The van der Waals surface area contributed by atoms with Crippen molar-refractivity contribution in [2.45, 2.75) is 26.3 Å². The summed E-state index contributed by atoms with van der Waals surface area (Å²) in [5.41, 5.74) is 1.67. The van der Waals surface area contributed by atoms with E-state index in [0.29, 0.717) is 17.7 Å². The lowest BCUT2D eigenvalue weighted by Crippen LogP contribution is -2.33. The second-order valence-electron chi connectivity index (χ2n) is 6.04. The van der Waals surface area contributed by atoms with E-state index in [1.807, 2.05) is 38.1 Å². The molecule has 5 heteroatoms. The van der Waals surface area contributed by atoms with Crippen molar-refractivity contribution in [2.75, 3.05) is 20.8 Å². The number of carbonyl (C=O) groups is 2. The molecule has 138 valence electrons. The zero-order chi connectivity index (χ0) is 19.1. The Labute approximate surface area is 154 Å². The maximum atomic E-state index is 12.4. The molecule has 0 aliphatic carbocycles. The van der Waals surface area contributed by atoms with Crippen molar-refractivity contribution < 1.29 is 19.1 Å². The highest BCUT2D eigenvalue weighted by molar-refractivity contribution is 5.95. The van der Waals surface area contributed by atoms with E-state index in [1.54, 1.807) is 43.3 Å². The van der Waals surface area contributed by atoms with Gasteiger partial charge in [0.15, 0.2) is 12.4 Å². The number of ether oxygens (including phenoxy) is 2. The molecule has 0 fully saturated rings. The van der Waals surface area contributed by atoms with Gasteiger partial charge in [-0.15, -0.1) is 0 Å². The van der Waals surface area contributed by atoms with Crippen LogP contribution < -0.4 is 9.47 Å². The first-order chi connectivity index (χ1) is 12.5. The molecule has 0 saturated carbocycles. The second kappa shape index (κ2) is 9.04. The Balaban J connectivity index is 1.92. The fourth-order valence-electron chi connectivity index (χ4n) is 2.51. The van der Waals surface area contributed by atoms with E-state index in [1.165, 1.54) is 0 Å². The summed E-state index contributed by atoms with van der Waals surface area (Å²) in [5, 5.41) is 0. The smallest absolute Gasteiger partial charge is 0.260 e. The Kier molecular flexibility index (Phi) is 6.78. The molecule has 0 aromatic heterocycles. The Bertz CT molecular complexity index is 738. The highest BCUT2D eigenvalue weighted by Gasteiger charge is 2.18. The van der Waals surface area contributed by atoms with Gasteiger partial charge in [0.05, 0.1) is 13.2 Å². The van der Waals surface area contributed by atoms with Crippen molar-refractivity contribution in [1.82, 2.24) is 4.90 Å². The number of carbonyl (C=O) groups excluding carboxylic acids is 2. The van der Waals surface area contributed by atoms with Crippen molar-refractivity contribution >= 4 is 11.7 Å². The molecule has 1 unspecified atom stereocenters. The van der Waals surface area contributed by atoms with E-state index in [9.17, 15) is 9.59 Å². The first-order valence-electron chi connectivity index (χ1n) is 8.62. The minimum absolute atomic E-state index is 0.0575. The van der Waals surface area contributed by atoms with E-state index >= 15 is 0 Å². The molecule has 1 amide bonds. The molecule has 0 aliphatic heterocycles. The number of methoxy groups -OCH3 is 1. The van der Waals surface area contributed by atoms with Crippen LogP contribution in [0, 0.1) is 0 Å². The van der Waals surface area contributed by atoms with Gasteiger partial charge in [0.1, 0.15) is 11.5 Å². The van der Waals surface area contributed by atoms with Crippen LogP contribution in [0.3, 0.4) is 0 Å². The first-order valence-corrected chi connectivity index (χ1v) is 8.62. The standard InChI is InChI=1S/C21H25NO4/c1-5-20(23)17-8-12-19(13-9-17)26-14-21(24)22(3)15(2)16-6-10-18(25-4)11-7-16/h6-13,15H,5,14H2,1-4H3. The predicted octanol–water partition coefficient (Wildman–Crippen LogP) is 3.89. The summed E-state index contributed by atoms with van der Waals surface area (Å²) in [6.45, 7) is 3.73. The number of Topliss-reactive ketones (excluding diaryl/α,β-unsaturated/α-hetero) is 1. The normalized spacial score (nSPS) is 11.5. The number of ketones is 1. The number of likely N-dealkylation sites (N-methyl/N-ethyl adjacent to an activating group) is 1. The van der Waals surface area contributed by atoms with Crippen LogP contribution in [0.25, 0.3) is 0 Å². The molecule has 1 atom stereocenters. The molecule has 0 radical (unpaired) electrons. The lowest BCUT2D eigenvalue weighted by atomic mass is 10.1. The minimum atomic E-state index is -0.123. The van der Waals surface area contributed by atoms with E-state index in [-0.39, 0.29) is 24.3 Å². The van der Waals surface area contributed by atoms with Gasteiger partial charge in [-0.3, -0.25) is 9.59 Å². The fraction of sp³-hybridized carbons (Fsp3) is 0.333.